The first kappa shape index (κ1) is 24.9. The molecule has 0 saturated carbocycles. The fourth-order valence-corrected chi connectivity index (χ4v) is 4.64. The number of furan rings is 1. The number of nitrogens with one attached hydrogen (secondary N) is 1. The predicted molar refractivity (Wildman–Crippen MR) is 132 cm³/mol. The first-order valence-corrected chi connectivity index (χ1v) is 12.4. The first-order chi connectivity index (χ1) is 17.1. The van der Waals surface area contributed by atoms with Crippen molar-refractivity contribution in [3.8, 4) is 17.1 Å². The number of benzene rings is 2. The van der Waals surface area contributed by atoms with Crippen LogP contribution in [-0.2, 0) is 10.0 Å². The topological polar surface area (TPSA) is 142 Å². The number of hydrogen-bond acceptors (Lipinski definition) is 8. The van der Waals surface area contributed by atoms with Gasteiger partial charge >= 0.3 is 5.97 Å². The Balaban J connectivity index is 1.79. The summed E-state index contributed by atoms with van der Waals surface area (Å²) in [6.45, 7) is -0.672. The number of halogens is 1. The Hall–Kier alpha value is -4.16. The second-order valence-electron chi connectivity index (χ2n) is 7.75. The highest BCUT2D eigenvalue weighted by Gasteiger charge is 2.27. The van der Waals surface area contributed by atoms with Crippen LogP contribution in [0.1, 0.15) is 10.4 Å². The van der Waals surface area contributed by atoms with Crippen molar-refractivity contribution in [1.82, 2.24) is 4.98 Å². The van der Waals surface area contributed by atoms with Gasteiger partial charge in [-0.05, 0) is 42.5 Å². The van der Waals surface area contributed by atoms with Gasteiger partial charge in [-0.25, -0.2) is 22.6 Å². The van der Waals surface area contributed by atoms with E-state index >= 15 is 0 Å². The van der Waals surface area contributed by atoms with Crippen molar-refractivity contribution >= 4 is 44.2 Å². The molecule has 0 bridgehead atoms. The molecular weight excluding hydrogens is 493 g/mol. The van der Waals surface area contributed by atoms with Gasteiger partial charge in [-0.2, -0.15) is 0 Å². The van der Waals surface area contributed by atoms with E-state index in [1.807, 2.05) is 0 Å². The number of carboxylic acids is 1. The molecule has 0 aliphatic carbocycles. The van der Waals surface area contributed by atoms with E-state index in [1.165, 1.54) is 37.6 Å². The Morgan fingerprint density at radius 2 is 1.92 bits per heavy atom. The Morgan fingerprint density at radius 1 is 1.19 bits per heavy atom. The first-order valence-electron chi connectivity index (χ1n) is 10.6. The van der Waals surface area contributed by atoms with E-state index < -0.39 is 22.6 Å². The average molecular weight is 516 g/mol. The molecule has 0 fully saturated rings. The summed E-state index contributed by atoms with van der Waals surface area (Å²) in [4.78, 5) is 16.5. The molecule has 2 aromatic heterocycles. The quantitative estimate of drug-likeness (QED) is 0.303. The predicted octanol–water partition coefficient (Wildman–Crippen LogP) is 3.84. The second kappa shape index (κ2) is 9.84. The highest BCUT2D eigenvalue weighted by atomic mass is 32.2. The number of aliphatic hydroxyl groups is 1. The lowest BCUT2D eigenvalue weighted by molar-refractivity contribution is 0.0699. The number of pyridine rings is 1. The molecule has 0 spiro atoms. The van der Waals surface area contributed by atoms with Crippen molar-refractivity contribution in [1.29, 1.82) is 0 Å². The molecule has 0 radical (unpaired) electrons. The van der Waals surface area contributed by atoms with Gasteiger partial charge in [-0.1, -0.05) is 0 Å². The summed E-state index contributed by atoms with van der Waals surface area (Å²) < 4.78 is 49.9. The molecule has 0 unspecified atom stereocenters. The maximum atomic E-state index is 13.1. The molecular formula is C24H22FN3O7S. The number of carbonyl (C=O) groups is 1. The van der Waals surface area contributed by atoms with E-state index in [9.17, 15) is 27.8 Å². The molecule has 4 rings (SSSR count). The van der Waals surface area contributed by atoms with Gasteiger partial charge in [-0.3, -0.25) is 4.31 Å². The largest absolute Gasteiger partial charge is 0.495 e. The van der Waals surface area contributed by atoms with E-state index in [0.29, 0.717) is 17.1 Å². The normalized spacial score (nSPS) is 11.4. The molecule has 10 nitrogen and oxygen atoms in total. The number of ether oxygens (including phenoxy) is 1. The minimum absolute atomic E-state index is 0.0191. The third kappa shape index (κ3) is 4.95. The molecule has 0 saturated heterocycles. The molecule has 0 atom stereocenters. The number of carboxylic acid groups (broad SMARTS) is 1. The molecule has 4 aromatic rings. The van der Waals surface area contributed by atoms with Gasteiger partial charge in [0.25, 0.3) is 0 Å². The van der Waals surface area contributed by atoms with Gasteiger partial charge in [0, 0.05) is 28.9 Å². The number of anilines is 3. The van der Waals surface area contributed by atoms with E-state index in [2.05, 4.69) is 10.3 Å². The SMILES string of the molecule is COc1cc2c(C(=O)O)c(-c3ccc(Nc4ccc(F)cc4)nc3)oc2cc1N(CCO)S(C)(=O)=O. The van der Waals surface area contributed by atoms with Gasteiger partial charge in [0.15, 0.2) is 5.76 Å². The molecule has 12 heteroatoms. The maximum absolute atomic E-state index is 13.1. The van der Waals surface area contributed by atoms with Gasteiger partial charge in [0.2, 0.25) is 10.0 Å². The third-order valence-electron chi connectivity index (χ3n) is 5.32. The standard InChI is InChI=1S/C24H22FN3O7S/c1-34-20-11-17-19(12-18(20)28(9-10-29)36(2,32)33)35-23(22(17)24(30)31)14-3-8-21(26-13-14)27-16-6-4-15(25)5-7-16/h3-8,11-13,29H,9-10H2,1-2H3,(H,26,27)(H,30,31). The van der Waals surface area contributed by atoms with Crippen LogP contribution in [0, 0.1) is 5.82 Å². The van der Waals surface area contributed by atoms with Gasteiger partial charge in [0.05, 0.1) is 32.2 Å². The molecule has 0 aliphatic rings. The van der Waals surface area contributed by atoms with Crippen molar-refractivity contribution in [3.05, 3.63) is 66.1 Å². The fraction of sp³-hybridized carbons (Fsp3) is 0.167. The number of aliphatic hydroxyl groups excluding tert-OH is 1. The zero-order chi connectivity index (χ0) is 26.0. The van der Waals surface area contributed by atoms with Crippen LogP contribution >= 0.6 is 0 Å². The summed E-state index contributed by atoms with van der Waals surface area (Å²) in [5.41, 5.74) is 1.03. The number of rotatable bonds is 9. The van der Waals surface area contributed by atoms with Crippen LogP contribution < -0.4 is 14.4 Å². The summed E-state index contributed by atoms with van der Waals surface area (Å²) in [5.74, 6) is -1.08. The summed E-state index contributed by atoms with van der Waals surface area (Å²) >= 11 is 0. The van der Waals surface area contributed by atoms with Crippen LogP contribution in [0.25, 0.3) is 22.3 Å². The third-order valence-corrected chi connectivity index (χ3v) is 6.50. The Morgan fingerprint density at radius 3 is 2.47 bits per heavy atom. The van der Waals surface area contributed by atoms with Crippen molar-refractivity contribution in [2.24, 2.45) is 0 Å². The Bertz CT molecular complexity index is 1520. The van der Waals surface area contributed by atoms with Gasteiger partial charge in [-0.15, -0.1) is 0 Å². The number of hydrogen-bond donors (Lipinski definition) is 3. The molecule has 36 heavy (non-hydrogen) atoms. The Labute approximate surface area is 205 Å². The molecule has 0 amide bonds. The molecule has 188 valence electrons. The van der Waals surface area contributed by atoms with Crippen molar-refractivity contribution in [2.75, 3.05) is 36.1 Å². The summed E-state index contributed by atoms with van der Waals surface area (Å²) in [7, 11) is -2.47. The van der Waals surface area contributed by atoms with Crippen molar-refractivity contribution < 1.29 is 37.0 Å². The highest BCUT2D eigenvalue weighted by molar-refractivity contribution is 7.92. The number of methoxy groups -OCH3 is 1. The monoisotopic (exact) mass is 515 g/mol. The average Bonchev–Trinajstić information content (AvgIpc) is 3.21. The molecule has 2 aromatic carbocycles. The number of aromatic carboxylic acids is 1. The lowest BCUT2D eigenvalue weighted by Crippen LogP contribution is -2.32. The van der Waals surface area contributed by atoms with Crippen LogP contribution in [0.5, 0.6) is 5.75 Å². The summed E-state index contributed by atoms with van der Waals surface area (Å²) in [5, 5.41) is 22.5. The van der Waals surface area contributed by atoms with E-state index in [0.717, 1.165) is 10.6 Å². The smallest absolute Gasteiger partial charge is 0.340 e. The molecule has 0 aliphatic heterocycles. The molecule has 3 N–H and O–H groups in total. The molecule has 2 heterocycles. The number of aromatic nitrogens is 1. The summed E-state index contributed by atoms with van der Waals surface area (Å²) in [6.07, 6.45) is 2.40. The zero-order valence-corrected chi connectivity index (χ0v) is 20.0. The fourth-order valence-electron chi connectivity index (χ4n) is 3.73. The van der Waals surface area contributed by atoms with Crippen LogP contribution in [0.3, 0.4) is 0 Å². The summed E-state index contributed by atoms with van der Waals surface area (Å²) in [6, 6.07) is 11.7. The lowest BCUT2D eigenvalue weighted by atomic mass is 10.1. The van der Waals surface area contributed by atoms with Crippen LogP contribution in [-0.4, -0.2) is 56.1 Å². The van der Waals surface area contributed by atoms with Gasteiger partial charge in [0.1, 0.15) is 28.5 Å². The van der Waals surface area contributed by atoms with Crippen LogP contribution in [0.4, 0.5) is 21.6 Å². The lowest BCUT2D eigenvalue weighted by Gasteiger charge is -2.23. The van der Waals surface area contributed by atoms with Gasteiger partial charge < -0.3 is 24.7 Å². The number of sulfonamides is 1. The highest BCUT2D eigenvalue weighted by Crippen LogP contribution is 2.41. The maximum Gasteiger partial charge on any atom is 0.340 e. The zero-order valence-electron chi connectivity index (χ0n) is 19.2. The second-order valence-corrected chi connectivity index (χ2v) is 9.66. The van der Waals surface area contributed by atoms with E-state index in [-0.39, 0.29) is 46.1 Å². The van der Waals surface area contributed by atoms with Crippen LogP contribution in [0.15, 0.2) is 59.1 Å². The van der Waals surface area contributed by atoms with Crippen LogP contribution in [0.2, 0.25) is 0 Å². The van der Waals surface area contributed by atoms with E-state index in [4.69, 9.17) is 9.15 Å². The minimum Gasteiger partial charge on any atom is -0.495 e. The van der Waals surface area contributed by atoms with Crippen molar-refractivity contribution in [2.45, 2.75) is 0 Å². The minimum atomic E-state index is -3.79. The number of fused-ring (bicyclic) bond motifs is 1. The number of nitrogens with zero attached hydrogens (tertiary/aromatic N) is 2. The van der Waals surface area contributed by atoms with Crippen molar-refractivity contribution in [3.63, 3.8) is 0 Å². The Kier molecular flexibility index (Phi) is 6.82. The van der Waals surface area contributed by atoms with E-state index in [1.54, 1.807) is 24.3 Å².